The summed E-state index contributed by atoms with van der Waals surface area (Å²) >= 11 is 3.50. The van der Waals surface area contributed by atoms with Crippen LogP contribution in [0, 0.1) is 5.92 Å². The van der Waals surface area contributed by atoms with Crippen molar-refractivity contribution in [2.75, 3.05) is 37.6 Å². The fraction of sp³-hybridized carbons (Fsp3) is 0.667. The molecule has 1 aromatic carbocycles. The quantitative estimate of drug-likeness (QED) is 0.766. The van der Waals surface area contributed by atoms with Gasteiger partial charge in [0.25, 0.3) is 0 Å². The highest BCUT2D eigenvalue weighted by Gasteiger charge is 2.32. The van der Waals surface area contributed by atoms with Crippen LogP contribution in [0.5, 0.6) is 0 Å². The summed E-state index contributed by atoms with van der Waals surface area (Å²) in [6, 6.07) is 8.80. The first-order valence-corrected chi connectivity index (χ1v) is 10.8. The Bertz CT molecular complexity index is 621. The summed E-state index contributed by atoms with van der Waals surface area (Å²) in [5.74, 6) is 0.659. The zero-order valence-corrected chi connectivity index (χ0v) is 18.3. The second kappa shape index (κ2) is 8.82. The van der Waals surface area contributed by atoms with Gasteiger partial charge in [0, 0.05) is 48.9 Å². The van der Waals surface area contributed by atoms with E-state index >= 15 is 0 Å². The Morgan fingerprint density at radius 3 is 2.48 bits per heavy atom. The molecule has 1 N–H and O–H groups in total. The molecule has 27 heavy (non-hydrogen) atoms. The molecule has 2 fully saturated rings. The lowest BCUT2D eigenvalue weighted by atomic mass is 9.89. The van der Waals surface area contributed by atoms with E-state index in [0.29, 0.717) is 5.92 Å². The van der Waals surface area contributed by atoms with E-state index in [4.69, 9.17) is 4.74 Å². The van der Waals surface area contributed by atoms with Crippen molar-refractivity contribution in [1.29, 1.82) is 0 Å². The Morgan fingerprint density at radius 2 is 1.85 bits per heavy atom. The van der Waals surface area contributed by atoms with Gasteiger partial charge in [0.15, 0.2) is 0 Å². The lowest BCUT2D eigenvalue weighted by Crippen LogP contribution is -2.55. The Balaban J connectivity index is 1.53. The number of hydrogen-bond acceptors (Lipinski definition) is 4. The summed E-state index contributed by atoms with van der Waals surface area (Å²) < 4.78 is 6.75. The molecular weight excluding hydrogens is 406 g/mol. The Kier molecular flexibility index (Phi) is 6.69. The number of ether oxygens (including phenoxy) is 1. The van der Waals surface area contributed by atoms with Crippen LogP contribution in [0.15, 0.2) is 28.7 Å². The minimum absolute atomic E-state index is 0.165. The van der Waals surface area contributed by atoms with E-state index in [1.807, 2.05) is 25.7 Å². The minimum Gasteiger partial charge on any atom is -0.444 e. The van der Waals surface area contributed by atoms with Gasteiger partial charge in [-0.15, -0.1) is 0 Å². The fourth-order valence-corrected chi connectivity index (χ4v) is 4.26. The third-order valence-corrected chi connectivity index (χ3v) is 5.92. The predicted octanol–water partition coefficient (Wildman–Crippen LogP) is 4.26. The zero-order valence-electron chi connectivity index (χ0n) is 16.7. The summed E-state index contributed by atoms with van der Waals surface area (Å²) in [5, 5.41) is 3.45. The molecule has 2 heterocycles. The van der Waals surface area contributed by atoms with E-state index in [1.165, 1.54) is 18.5 Å². The average Bonchev–Trinajstić information content (AvgIpc) is 2.62. The molecule has 5 nitrogen and oxygen atoms in total. The van der Waals surface area contributed by atoms with Crippen LogP contribution in [0.4, 0.5) is 10.5 Å². The van der Waals surface area contributed by atoms with Crippen molar-refractivity contribution < 1.29 is 9.53 Å². The van der Waals surface area contributed by atoms with Crippen molar-refractivity contribution in [3.05, 3.63) is 28.7 Å². The standard InChI is InChI=1S/C21H32BrN3O2/c1-21(2,3)27-20(26)25-13-10-23-15-19(25)14-16-8-11-24(12-9-16)18-6-4-17(22)5-7-18/h4-7,16,19,23H,8-15H2,1-3H3. The van der Waals surface area contributed by atoms with Crippen molar-refractivity contribution in [3.8, 4) is 0 Å². The van der Waals surface area contributed by atoms with E-state index in [9.17, 15) is 4.79 Å². The number of anilines is 1. The van der Waals surface area contributed by atoms with E-state index in [-0.39, 0.29) is 12.1 Å². The normalized spacial score (nSPS) is 22.0. The van der Waals surface area contributed by atoms with Crippen LogP contribution in [0.2, 0.25) is 0 Å². The molecule has 0 saturated carbocycles. The molecule has 0 aliphatic carbocycles. The summed E-state index contributed by atoms with van der Waals surface area (Å²) in [4.78, 5) is 17.0. The maximum Gasteiger partial charge on any atom is 0.410 e. The molecule has 3 rings (SSSR count). The van der Waals surface area contributed by atoms with E-state index in [0.717, 1.165) is 43.6 Å². The smallest absolute Gasteiger partial charge is 0.410 e. The Morgan fingerprint density at radius 1 is 1.19 bits per heavy atom. The topological polar surface area (TPSA) is 44.8 Å². The molecule has 0 spiro atoms. The van der Waals surface area contributed by atoms with Gasteiger partial charge in [0.2, 0.25) is 0 Å². The van der Waals surface area contributed by atoms with Gasteiger partial charge in [0.05, 0.1) is 0 Å². The number of carbonyl (C=O) groups excluding carboxylic acids is 1. The van der Waals surface area contributed by atoms with Gasteiger partial charge in [-0.1, -0.05) is 15.9 Å². The lowest BCUT2D eigenvalue weighted by molar-refractivity contribution is 0.00890. The summed E-state index contributed by atoms with van der Waals surface area (Å²) in [6.07, 6.45) is 3.24. The van der Waals surface area contributed by atoms with Crippen molar-refractivity contribution in [1.82, 2.24) is 10.2 Å². The summed E-state index contributed by atoms with van der Waals surface area (Å²) in [5.41, 5.74) is 0.856. The largest absolute Gasteiger partial charge is 0.444 e. The number of carbonyl (C=O) groups is 1. The maximum absolute atomic E-state index is 12.6. The Labute approximate surface area is 171 Å². The number of piperidine rings is 1. The van der Waals surface area contributed by atoms with Crippen LogP contribution in [0.25, 0.3) is 0 Å². The third kappa shape index (κ3) is 5.85. The first-order chi connectivity index (χ1) is 12.8. The third-order valence-electron chi connectivity index (χ3n) is 5.39. The molecule has 0 bridgehead atoms. The fourth-order valence-electron chi connectivity index (χ4n) is 4.00. The van der Waals surface area contributed by atoms with Gasteiger partial charge < -0.3 is 19.9 Å². The van der Waals surface area contributed by atoms with Gasteiger partial charge in [0.1, 0.15) is 5.60 Å². The molecule has 1 atom stereocenters. The minimum atomic E-state index is -0.442. The molecule has 0 aromatic heterocycles. The van der Waals surface area contributed by atoms with Crippen LogP contribution in [-0.2, 0) is 4.74 Å². The van der Waals surface area contributed by atoms with Gasteiger partial charge >= 0.3 is 6.09 Å². The molecule has 1 aromatic rings. The predicted molar refractivity (Wildman–Crippen MR) is 113 cm³/mol. The summed E-state index contributed by atoms with van der Waals surface area (Å²) in [6.45, 7) is 10.4. The maximum atomic E-state index is 12.6. The number of amides is 1. The summed E-state index contributed by atoms with van der Waals surface area (Å²) in [7, 11) is 0. The average molecular weight is 438 g/mol. The second-order valence-corrected chi connectivity index (χ2v) is 9.59. The number of halogens is 1. The van der Waals surface area contributed by atoms with Crippen LogP contribution < -0.4 is 10.2 Å². The van der Waals surface area contributed by atoms with Crippen LogP contribution in [-0.4, -0.2) is 55.4 Å². The van der Waals surface area contributed by atoms with Crippen LogP contribution >= 0.6 is 15.9 Å². The van der Waals surface area contributed by atoms with Gasteiger partial charge in [-0.05, 0) is 70.2 Å². The van der Waals surface area contributed by atoms with Gasteiger partial charge in [-0.2, -0.15) is 0 Å². The number of piperazine rings is 1. The molecule has 150 valence electrons. The SMILES string of the molecule is CC(C)(C)OC(=O)N1CCNCC1CC1CCN(c2ccc(Br)cc2)CC1. The zero-order chi connectivity index (χ0) is 19.4. The second-order valence-electron chi connectivity index (χ2n) is 8.67. The van der Waals surface area contributed by atoms with Crippen LogP contribution in [0.3, 0.4) is 0 Å². The van der Waals surface area contributed by atoms with Crippen molar-refractivity contribution in [3.63, 3.8) is 0 Å². The highest BCUT2D eigenvalue weighted by molar-refractivity contribution is 9.10. The lowest BCUT2D eigenvalue weighted by Gasteiger charge is -2.40. The van der Waals surface area contributed by atoms with Gasteiger partial charge in [-0.25, -0.2) is 4.79 Å². The molecule has 2 aliphatic heterocycles. The van der Waals surface area contributed by atoms with E-state index in [2.05, 4.69) is 50.4 Å². The van der Waals surface area contributed by atoms with Crippen molar-refractivity contribution in [2.45, 2.75) is 51.7 Å². The van der Waals surface area contributed by atoms with Crippen LogP contribution in [0.1, 0.15) is 40.0 Å². The number of rotatable bonds is 3. The number of hydrogen-bond donors (Lipinski definition) is 1. The molecular formula is C21H32BrN3O2. The van der Waals surface area contributed by atoms with Gasteiger partial charge in [-0.3, -0.25) is 0 Å². The molecule has 2 aliphatic rings. The molecule has 6 heteroatoms. The Hall–Kier alpha value is -1.27. The van der Waals surface area contributed by atoms with E-state index in [1.54, 1.807) is 0 Å². The first-order valence-electron chi connectivity index (χ1n) is 10.0. The first kappa shape index (κ1) is 20.5. The number of nitrogens with one attached hydrogen (secondary N) is 1. The number of nitrogens with zero attached hydrogens (tertiary/aromatic N) is 2. The highest BCUT2D eigenvalue weighted by atomic mass is 79.9. The number of benzene rings is 1. The monoisotopic (exact) mass is 437 g/mol. The molecule has 1 amide bonds. The van der Waals surface area contributed by atoms with E-state index < -0.39 is 5.60 Å². The molecule has 2 saturated heterocycles. The molecule has 1 unspecified atom stereocenters. The van der Waals surface area contributed by atoms with Crippen molar-refractivity contribution >= 4 is 27.7 Å². The van der Waals surface area contributed by atoms with Crippen molar-refractivity contribution in [2.24, 2.45) is 5.92 Å². The molecule has 0 radical (unpaired) electrons. The highest BCUT2D eigenvalue weighted by Crippen LogP contribution is 2.28.